The zero-order valence-corrected chi connectivity index (χ0v) is 16.1. The van der Waals surface area contributed by atoms with E-state index >= 15 is 0 Å². The fourth-order valence-corrected chi connectivity index (χ4v) is 3.51. The molecule has 1 heterocycles. The van der Waals surface area contributed by atoms with Crippen LogP contribution in [-0.2, 0) is 11.2 Å². The van der Waals surface area contributed by atoms with Gasteiger partial charge in [-0.3, -0.25) is 9.69 Å². The molecule has 1 N–H and O–H groups in total. The second-order valence-electron chi connectivity index (χ2n) is 7.34. The summed E-state index contributed by atoms with van der Waals surface area (Å²) in [5.41, 5.74) is 0.255. The third-order valence-corrected chi connectivity index (χ3v) is 5.15. The van der Waals surface area contributed by atoms with Crippen molar-refractivity contribution in [1.29, 1.82) is 0 Å². The Bertz CT molecular complexity index is 598. The van der Waals surface area contributed by atoms with E-state index in [4.69, 9.17) is 0 Å². The first kappa shape index (κ1) is 20.4. The average molecular weight is 361 g/mol. The lowest BCUT2D eigenvalue weighted by atomic mass is 9.95. The third kappa shape index (κ3) is 5.05. The number of rotatable bonds is 9. The van der Waals surface area contributed by atoms with Gasteiger partial charge >= 0.3 is 6.09 Å². The predicted molar refractivity (Wildman–Crippen MR) is 102 cm³/mol. The van der Waals surface area contributed by atoms with Crippen LogP contribution in [0.4, 0.5) is 4.79 Å². The number of likely N-dealkylation sites (tertiary alicyclic amines) is 1. The maximum Gasteiger partial charge on any atom is 0.423 e. The van der Waals surface area contributed by atoms with Crippen molar-refractivity contribution in [2.24, 2.45) is 0 Å². The van der Waals surface area contributed by atoms with Gasteiger partial charge in [0.25, 0.3) is 0 Å². The molecular formula is C20H31N3O3. The number of carboxylic acid groups (broad SMARTS) is 1. The molecule has 1 aliphatic rings. The van der Waals surface area contributed by atoms with E-state index in [1.807, 2.05) is 51.1 Å². The molecule has 0 aliphatic carbocycles. The van der Waals surface area contributed by atoms with E-state index in [-0.39, 0.29) is 5.78 Å². The van der Waals surface area contributed by atoms with Crippen LogP contribution in [0, 0.1) is 0 Å². The highest BCUT2D eigenvalue weighted by Crippen LogP contribution is 2.22. The summed E-state index contributed by atoms with van der Waals surface area (Å²) in [5.74, 6) is 0.0400. The van der Waals surface area contributed by atoms with Crippen molar-refractivity contribution in [2.45, 2.75) is 52.0 Å². The number of nitrogens with zero attached hydrogens (tertiary/aromatic N) is 3. The lowest BCUT2D eigenvalue weighted by Crippen LogP contribution is -2.62. The van der Waals surface area contributed by atoms with Crippen LogP contribution in [0.2, 0.25) is 0 Å². The Hall–Kier alpha value is -1.92. The molecule has 2 rings (SSSR count). The summed E-state index contributed by atoms with van der Waals surface area (Å²) in [6, 6.07) is 9.96. The highest BCUT2D eigenvalue weighted by molar-refractivity contribution is 5.87. The summed E-state index contributed by atoms with van der Waals surface area (Å²) in [5, 5.41) is 12.9. The van der Waals surface area contributed by atoms with Gasteiger partial charge in [0.05, 0.1) is 12.2 Å². The summed E-state index contributed by atoms with van der Waals surface area (Å²) in [6.45, 7) is 8.06. The van der Waals surface area contributed by atoms with Gasteiger partial charge in [-0.05, 0) is 51.8 Å². The van der Waals surface area contributed by atoms with Gasteiger partial charge in [-0.15, -0.1) is 0 Å². The van der Waals surface area contributed by atoms with Gasteiger partial charge < -0.3 is 5.11 Å². The van der Waals surface area contributed by atoms with Crippen molar-refractivity contribution >= 4 is 11.9 Å². The van der Waals surface area contributed by atoms with Crippen molar-refractivity contribution in [3.05, 3.63) is 35.9 Å². The lowest BCUT2D eigenvalue weighted by Gasteiger charge is -2.44. The lowest BCUT2D eigenvalue weighted by molar-refractivity contribution is -0.146. The largest absolute Gasteiger partial charge is 0.464 e. The van der Waals surface area contributed by atoms with Crippen LogP contribution in [-0.4, -0.2) is 63.7 Å². The van der Waals surface area contributed by atoms with Gasteiger partial charge in [0.1, 0.15) is 0 Å². The van der Waals surface area contributed by atoms with Crippen molar-refractivity contribution in [3.63, 3.8) is 0 Å². The van der Waals surface area contributed by atoms with Crippen LogP contribution >= 0.6 is 0 Å². The molecule has 1 aromatic carbocycles. The van der Waals surface area contributed by atoms with E-state index in [0.717, 1.165) is 31.5 Å². The van der Waals surface area contributed by atoms with Gasteiger partial charge in [0.15, 0.2) is 5.78 Å². The van der Waals surface area contributed by atoms with Gasteiger partial charge in [0, 0.05) is 13.0 Å². The molecule has 0 bridgehead atoms. The van der Waals surface area contributed by atoms with Gasteiger partial charge in [-0.1, -0.05) is 37.3 Å². The Labute approximate surface area is 156 Å². The number of ketones is 1. The number of hydrogen-bond acceptors (Lipinski definition) is 4. The number of hydrogen-bond donors (Lipinski definition) is 1. The molecule has 0 saturated carbocycles. The fraction of sp³-hybridized carbons (Fsp3) is 0.600. The number of amides is 1. The zero-order valence-electron chi connectivity index (χ0n) is 16.1. The molecule has 0 aromatic heterocycles. The number of carbonyl (C=O) groups is 2. The minimum absolute atomic E-state index is 0.0400. The topological polar surface area (TPSA) is 64.1 Å². The first-order chi connectivity index (χ1) is 12.4. The number of Topliss-reactive ketones (excluding diaryl/α,β-unsaturated/α-hetero) is 1. The fourth-order valence-electron chi connectivity index (χ4n) is 3.51. The van der Waals surface area contributed by atoms with Crippen molar-refractivity contribution < 1.29 is 14.7 Å². The van der Waals surface area contributed by atoms with E-state index in [0.29, 0.717) is 26.1 Å². The SMILES string of the molecule is CCC(=O)C(C)(C)N(CCc1ccccc1)N(CN1CCCC1)C(=O)O. The molecule has 1 aromatic rings. The third-order valence-electron chi connectivity index (χ3n) is 5.15. The summed E-state index contributed by atoms with van der Waals surface area (Å²) < 4.78 is 0. The molecule has 0 spiro atoms. The highest BCUT2D eigenvalue weighted by Gasteiger charge is 2.39. The molecule has 1 aliphatic heterocycles. The summed E-state index contributed by atoms with van der Waals surface area (Å²) in [7, 11) is 0. The van der Waals surface area contributed by atoms with E-state index < -0.39 is 11.6 Å². The maximum atomic E-state index is 12.6. The van der Waals surface area contributed by atoms with Crippen molar-refractivity contribution in [1.82, 2.24) is 14.9 Å². The van der Waals surface area contributed by atoms with Gasteiger partial charge in [-0.2, -0.15) is 0 Å². The smallest absolute Gasteiger partial charge is 0.423 e. The Morgan fingerprint density at radius 2 is 1.77 bits per heavy atom. The molecule has 6 heteroatoms. The van der Waals surface area contributed by atoms with E-state index in [2.05, 4.69) is 4.90 Å². The van der Waals surface area contributed by atoms with Crippen molar-refractivity contribution in [3.8, 4) is 0 Å². The standard InChI is InChI=1S/C20H31N3O3/c1-4-18(24)20(2,3)23(15-12-17-10-6-5-7-11-17)22(19(25)26)16-21-13-8-9-14-21/h5-7,10-11H,4,8-9,12-16H2,1-3H3,(H,25,26). The zero-order chi connectivity index (χ0) is 19.2. The quantitative estimate of drug-likeness (QED) is 0.684. The van der Waals surface area contributed by atoms with Crippen LogP contribution < -0.4 is 0 Å². The molecule has 1 fully saturated rings. The molecular weight excluding hydrogens is 330 g/mol. The number of hydrazine groups is 1. The molecule has 26 heavy (non-hydrogen) atoms. The number of carbonyl (C=O) groups excluding carboxylic acids is 1. The number of benzene rings is 1. The Morgan fingerprint density at radius 1 is 1.15 bits per heavy atom. The molecule has 0 atom stereocenters. The van der Waals surface area contributed by atoms with Gasteiger partial charge in [0.2, 0.25) is 0 Å². The highest BCUT2D eigenvalue weighted by atomic mass is 16.4. The average Bonchev–Trinajstić information content (AvgIpc) is 3.13. The Morgan fingerprint density at radius 3 is 2.31 bits per heavy atom. The summed E-state index contributed by atoms with van der Waals surface area (Å²) in [4.78, 5) is 26.8. The van der Waals surface area contributed by atoms with E-state index in [1.54, 1.807) is 5.01 Å². The second-order valence-corrected chi connectivity index (χ2v) is 7.34. The van der Waals surface area contributed by atoms with Crippen LogP contribution in [0.3, 0.4) is 0 Å². The summed E-state index contributed by atoms with van der Waals surface area (Å²) in [6.07, 6.45) is 2.24. The first-order valence-electron chi connectivity index (χ1n) is 9.44. The van der Waals surface area contributed by atoms with E-state index in [9.17, 15) is 14.7 Å². The van der Waals surface area contributed by atoms with Gasteiger partial charge in [-0.25, -0.2) is 14.8 Å². The molecule has 144 valence electrons. The molecule has 0 radical (unpaired) electrons. The Balaban J connectivity index is 2.23. The maximum absolute atomic E-state index is 12.6. The molecule has 0 unspecified atom stereocenters. The normalized spacial score (nSPS) is 15.4. The van der Waals surface area contributed by atoms with Crippen LogP contribution in [0.5, 0.6) is 0 Å². The first-order valence-corrected chi connectivity index (χ1v) is 9.44. The van der Waals surface area contributed by atoms with Crippen LogP contribution in [0.25, 0.3) is 0 Å². The summed E-state index contributed by atoms with van der Waals surface area (Å²) >= 11 is 0. The molecule has 1 saturated heterocycles. The van der Waals surface area contributed by atoms with E-state index in [1.165, 1.54) is 5.01 Å². The Kier molecular flexibility index (Phi) is 7.17. The minimum atomic E-state index is -1.01. The van der Waals surface area contributed by atoms with Crippen LogP contribution in [0.1, 0.15) is 45.6 Å². The van der Waals surface area contributed by atoms with Crippen molar-refractivity contribution in [2.75, 3.05) is 26.3 Å². The monoisotopic (exact) mass is 361 g/mol. The second kappa shape index (κ2) is 9.14. The molecule has 6 nitrogen and oxygen atoms in total. The predicted octanol–water partition coefficient (Wildman–Crippen LogP) is 3.24. The molecule has 1 amide bonds. The minimum Gasteiger partial charge on any atom is -0.464 e. The van der Waals surface area contributed by atoms with Crippen LogP contribution in [0.15, 0.2) is 30.3 Å².